The average molecular weight is 342 g/mol. The van der Waals surface area contributed by atoms with E-state index in [0.717, 1.165) is 17.1 Å². The van der Waals surface area contributed by atoms with E-state index in [-0.39, 0.29) is 11.8 Å². The monoisotopic (exact) mass is 342 g/mol. The minimum absolute atomic E-state index is 0.138. The Morgan fingerprint density at radius 3 is 2.40 bits per heavy atom. The van der Waals surface area contributed by atoms with Crippen LogP contribution in [0.5, 0.6) is 17.2 Å². The van der Waals surface area contributed by atoms with Gasteiger partial charge in [-0.15, -0.1) is 0 Å². The van der Waals surface area contributed by atoms with Crippen LogP contribution < -0.4 is 9.47 Å². The second-order valence-electron chi connectivity index (χ2n) is 5.90. The Kier molecular flexibility index (Phi) is 6.83. The molecule has 2 aromatic rings. The molecule has 0 spiro atoms. The molecule has 0 bridgehead atoms. The summed E-state index contributed by atoms with van der Waals surface area (Å²) in [5.74, 6) is 1.75. The van der Waals surface area contributed by atoms with Crippen LogP contribution in [0.15, 0.2) is 47.5 Å². The lowest BCUT2D eigenvalue weighted by molar-refractivity contribution is 0.306. The molecule has 5 nitrogen and oxygen atoms in total. The summed E-state index contributed by atoms with van der Waals surface area (Å²) in [5.41, 5.74) is 1.81. The number of nitrogens with zero attached hydrogens (tertiary/aromatic N) is 2. The summed E-state index contributed by atoms with van der Waals surface area (Å²) < 4.78 is 10.7. The lowest BCUT2D eigenvalue weighted by Crippen LogP contribution is -2.22. The first-order valence-electron chi connectivity index (χ1n) is 8.31. The number of phenols is 1. The number of rotatable bonds is 8. The van der Waals surface area contributed by atoms with Crippen molar-refractivity contribution in [2.24, 2.45) is 4.99 Å². The number of phenolic OH excluding ortho intramolecular Hbond substituents is 1. The van der Waals surface area contributed by atoms with Crippen LogP contribution in [0.3, 0.4) is 0 Å². The molecule has 0 aliphatic rings. The smallest absolute Gasteiger partial charge is 0.124 e. The molecule has 0 heterocycles. The molecule has 0 radical (unpaired) electrons. The Bertz CT molecular complexity index is 697. The molecular formula is C20H26N2O3. The summed E-state index contributed by atoms with van der Waals surface area (Å²) in [5, 5.41) is 9.98. The van der Waals surface area contributed by atoms with E-state index < -0.39 is 0 Å². The molecule has 1 N–H and O–H groups in total. The van der Waals surface area contributed by atoms with Gasteiger partial charge in [0.05, 0.1) is 26.3 Å². The largest absolute Gasteiger partial charge is 0.507 e. The maximum atomic E-state index is 9.98. The molecule has 0 aliphatic carbocycles. The van der Waals surface area contributed by atoms with E-state index in [0.29, 0.717) is 18.7 Å². The zero-order chi connectivity index (χ0) is 18.2. The third kappa shape index (κ3) is 5.22. The van der Waals surface area contributed by atoms with Crippen LogP contribution in [0, 0.1) is 0 Å². The Labute approximate surface area is 149 Å². The van der Waals surface area contributed by atoms with Crippen molar-refractivity contribution < 1.29 is 14.6 Å². The maximum absolute atomic E-state index is 9.98. The molecule has 2 rings (SSSR count). The fraction of sp³-hybridized carbons (Fsp3) is 0.350. The van der Waals surface area contributed by atoms with Crippen molar-refractivity contribution in [2.45, 2.75) is 13.0 Å². The molecule has 2 aromatic carbocycles. The molecule has 0 fully saturated rings. The van der Waals surface area contributed by atoms with Crippen LogP contribution in [0.4, 0.5) is 0 Å². The summed E-state index contributed by atoms with van der Waals surface area (Å²) in [6.07, 6.45) is 1.69. The first kappa shape index (κ1) is 18.8. The standard InChI is InChI=1S/C20H26N2O3/c1-5-25-18-10-11-20(23)16(12-18)13-21-14-19(22(2)3)15-6-8-17(24-4)9-7-15/h6-13,19,23H,5,14H2,1-4H3. The summed E-state index contributed by atoms with van der Waals surface area (Å²) in [4.78, 5) is 6.65. The third-order valence-corrected chi connectivity index (χ3v) is 3.94. The van der Waals surface area contributed by atoms with Crippen LogP contribution >= 0.6 is 0 Å². The van der Waals surface area contributed by atoms with E-state index in [1.807, 2.05) is 45.3 Å². The third-order valence-electron chi connectivity index (χ3n) is 3.94. The highest BCUT2D eigenvalue weighted by molar-refractivity contribution is 5.84. The van der Waals surface area contributed by atoms with E-state index in [4.69, 9.17) is 9.47 Å². The molecule has 25 heavy (non-hydrogen) atoms. The molecule has 134 valence electrons. The summed E-state index contributed by atoms with van der Waals surface area (Å²) in [6.45, 7) is 3.09. The van der Waals surface area contributed by atoms with Gasteiger partial charge in [-0.25, -0.2) is 0 Å². The molecule has 0 aliphatic heterocycles. The van der Waals surface area contributed by atoms with Crippen molar-refractivity contribution >= 4 is 6.21 Å². The lowest BCUT2D eigenvalue weighted by Gasteiger charge is -2.23. The predicted octanol–water partition coefficient (Wildman–Crippen LogP) is 3.52. The molecule has 0 aromatic heterocycles. The zero-order valence-electron chi connectivity index (χ0n) is 15.3. The topological polar surface area (TPSA) is 54.3 Å². The molecule has 1 unspecified atom stereocenters. The van der Waals surface area contributed by atoms with Gasteiger partial charge in [-0.2, -0.15) is 0 Å². The van der Waals surface area contributed by atoms with E-state index in [1.165, 1.54) is 0 Å². The van der Waals surface area contributed by atoms with E-state index in [2.05, 4.69) is 9.89 Å². The highest BCUT2D eigenvalue weighted by Gasteiger charge is 2.13. The number of benzene rings is 2. The fourth-order valence-electron chi connectivity index (χ4n) is 2.54. The van der Waals surface area contributed by atoms with Gasteiger partial charge in [0.25, 0.3) is 0 Å². The number of likely N-dealkylation sites (N-methyl/N-ethyl adjacent to an activating group) is 1. The van der Waals surface area contributed by atoms with Crippen molar-refractivity contribution in [1.29, 1.82) is 0 Å². The highest BCUT2D eigenvalue weighted by atomic mass is 16.5. The van der Waals surface area contributed by atoms with Gasteiger partial charge in [0.2, 0.25) is 0 Å². The Morgan fingerprint density at radius 1 is 1.12 bits per heavy atom. The molecule has 0 saturated heterocycles. The average Bonchev–Trinajstić information content (AvgIpc) is 2.61. The minimum Gasteiger partial charge on any atom is -0.507 e. The SMILES string of the molecule is CCOc1ccc(O)c(C=NCC(c2ccc(OC)cc2)N(C)C)c1. The number of aromatic hydroxyl groups is 1. The van der Waals surface area contributed by atoms with Gasteiger partial charge < -0.3 is 19.5 Å². The minimum atomic E-state index is 0.138. The van der Waals surface area contributed by atoms with Gasteiger partial charge >= 0.3 is 0 Å². The summed E-state index contributed by atoms with van der Waals surface area (Å²) in [7, 11) is 5.71. The molecular weight excluding hydrogens is 316 g/mol. The van der Waals surface area contributed by atoms with Crippen molar-refractivity contribution in [3.05, 3.63) is 53.6 Å². The van der Waals surface area contributed by atoms with E-state index >= 15 is 0 Å². The van der Waals surface area contributed by atoms with Gasteiger partial charge in [-0.3, -0.25) is 4.99 Å². The van der Waals surface area contributed by atoms with Crippen LogP contribution in [-0.2, 0) is 0 Å². The highest BCUT2D eigenvalue weighted by Crippen LogP contribution is 2.23. The first-order valence-corrected chi connectivity index (χ1v) is 8.31. The molecule has 1 atom stereocenters. The summed E-state index contributed by atoms with van der Waals surface area (Å²) in [6, 6.07) is 13.3. The zero-order valence-corrected chi connectivity index (χ0v) is 15.3. The van der Waals surface area contributed by atoms with Gasteiger partial charge in [0.1, 0.15) is 17.2 Å². The Balaban J connectivity index is 2.12. The number of hydrogen-bond acceptors (Lipinski definition) is 5. The second kappa shape index (κ2) is 9.08. The number of ether oxygens (including phenoxy) is 2. The number of methoxy groups -OCH3 is 1. The number of aliphatic imine (C=N–C) groups is 1. The van der Waals surface area contributed by atoms with Crippen molar-refractivity contribution in [3.8, 4) is 17.2 Å². The Morgan fingerprint density at radius 2 is 1.80 bits per heavy atom. The van der Waals surface area contributed by atoms with Gasteiger partial charge in [-0.1, -0.05) is 12.1 Å². The predicted molar refractivity (Wildman–Crippen MR) is 101 cm³/mol. The lowest BCUT2D eigenvalue weighted by atomic mass is 10.1. The van der Waals surface area contributed by atoms with Crippen molar-refractivity contribution in [3.63, 3.8) is 0 Å². The maximum Gasteiger partial charge on any atom is 0.124 e. The molecule has 0 saturated carbocycles. The fourth-order valence-corrected chi connectivity index (χ4v) is 2.54. The van der Waals surface area contributed by atoms with E-state index in [1.54, 1.807) is 31.5 Å². The quantitative estimate of drug-likeness (QED) is 0.746. The molecule has 0 amide bonds. The first-order chi connectivity index (χ1) is 12.0. The molecule has 5 heteroatoms. The van der Waals surface area contributed by atoms with Crippen LogP contribution in [0.25, 0.3) is 0 Å². The van der Waals surface area contributed by atoms with Crippen LogP contribution in [0.1, 0.15) is 24.1 Å². The number of hydrogen-bond donors (Lipinski definition) is 1. The van der Waals surface area contributed by atoms with Crippen LogP contribution in [0.2, 0.25) is 0 Å². The van der Waals surface area contributed by atoms with Crippen molar-refractivity contribution in [2.75, 3.05) is 34.4 Å². The van der Waals surface area contributed by atoms with Gasteiger partial charge in [0.15, 0.2) is 0 Å². The normalized spacial score (nSPS) is 12.5. The van der Waals surface area contributed by atoms with Gasteiger partial charge in [-0.05, 0) is 56.9 Å². The summed E-state index contributed by atoms with van der Waals surface area (Å²) >= 11 is 0. The van der Waals surface area contributed by atoms with E-state index in [9.17, 15) is 5.11 Å². The second-order valence-corrected chi connectivity index (χ2v) is 5.90. The van der Waals surface area contributed by atoms with Crippen LogP contribution in [-0.4, -0.2) is 50.6 Å². The van der Waals surface area contributed by atoms with Gasteiger partial charge in [0, 0.05) is 11.8 Å². The Hall–Kier alpha value is -2.53. The van der Waals surface area contributed by atoms with Crippen molar-refractivity contribution in [1.82, 2.24) is 4.90 Å².